The summed E-state index contributed by atoms with van der Waals surface area (Å²) < 4.78 is 1.56. The molecule has 1 saturated carbocycles. The number of rotatable bonds is 3. The van der Waals surface area contributed by atoms with Crippen molar-refractivity contribution in [2.45, 2.75) is 45.1 Å². The highest BCUT2D eigenvalue weighted by atomic mass is 16.2. The lowest BCUT2D eigenvalue weighted by molar-refractivity contribution is -0.134. The van der Waals surface area contributed by atoms with E-state index in [9.17, 15) is 9.59 Å². The van der Waals surface area contributed by atoms with Crippen LogP contribution in [0.3, 0.4) is 0 Å². The van der Waals surface area contributed by atoms with E-state index in [0.29, 0.717) is 29.8 Å². The second-order valence-electron chi connectivity index (χ2n) is 7.44. The number of amides is 1. The predicted octanol–water partition coefficient (Wildman–Crippen LogP) is 2.83. The Kier molecular flexibility index (Phi) is 4.55. The van der Waals surface area contributed by atoms with Crippen LogP contribution in [-0.2, 0) is 11.3 Å². The van der Waals surface area contributed by atoms with Crippen molar-refractivity contribution >= 4 is 16.8 Å². The van der Waals surface area contributed by atoms with Gasteiger partial charge in [0.15, 0.2) is 0 Å². The molecule has 1 saturated heterocycles. The van der Waals surface area contributed by atoms with Gasteiger partial charge >= 0.3 is 0 Å². The van der Waals surface area contributed by atoms with Gasteiger partial charge in [0.2, 0.25) is 5.91 Å². The summed E-state index contributed by atoms with van der Waals surface area (Å²) in [5.41, 5.74) is 0.638. The molecule has 0 spiro atoms. The molecular weight excluding hydrogens is 314 g/mol. The first-order chi connectivity index (χ1) is 12.2. The van der Waals surface area contributed by atoms with E-state index in [2.05, 4.69) is 4.98 Å². The second-order valence-corrected chi connectivity index (χ2v) is 7.44. The van der Waals surface area contributed by atoms with Crippen LogP contribution in [0.2, 0.25) is 0 Å². The first-order valence-corrected chi connectivity index (χ1v) is 9.44. The van der Waals surface area contributed by atoms with Gasteiger partial charge in [0.05, 0.1) is 17.2 Å². The fourth-order valence-corrected chi connectivity index (χ4v) is 4.47. The van der Waals surface area contributed by atoms with Crippen molar-refractivity contribution in [2.24, 2.45) is 11.8 Å². The molecule has 0 bridgehead atoms. The zero-order chi connectivity index (χ0) is 17.2. The maximum atomic E-state index is 12.6. The molecular formula is C20H25N3O2. The zero-order valence-electron chi connectivity index (χ0n) is 14.6. The number of carbonyl (C=O) groups excluding carboxylic acids is 1. The number of likely N-dealkylation sites (tertiary alicyclic amines) is 1. The molecule has 1 aromatic carbocycles. The summed E-state index contributed by atoms with van der Waals surface area (Å²) in [6, 6.07) is 7.34. The van der Waals surface area contributed by atoms with Gasteiger partial charge in [-0.3, -0.25) is 14.2 Å². The number of aryl methyl sites for hydroxylation is 1. The van der Waals surface area contributed by atoms with Crippen LogP contribution < -0.4 is 5.56 Å². The van der Waals surface area contributed by atoms with Crippen LogP contribution in [0.15, 0.2) is 35.4 Å². The van der Waals surface area contributed by atoms with E-state index in [1.165, 1.54) is 25.7 Å². The molecule has 0 N–H and O–H groups in total. The van der Waals surface area contributed by atoms with Crippen LogP contribution in [0.5, 0.6) is 0 Å². The number of hydrogen-bond acceptors (Lipinski definition) is 3. The van der Waals surface area contributed by atoms with E-state index in [-0.39, 0.29) is 11.5 Å². The fourth-order valence-electron chi connectivity index (χ4n) is 4.47. The molecule has 5 nitrogen and oxygen atoms in total. The van der Waals surface area contributed by atoms with Gasteiger partial charge in [0.1, 0.15) is 0 Å². The van der Waals surface area contributed by atoms with E-state index in [4.69, 9.17) is 0 Å². The summed E-state index contributed by atoms with van der Waals surface area (Å²) >= 11 is 0. The lowest BCUT2D eigenvalue weighted by Crippen LogP contribution is -2.45. The van der Waals surface area contributed by atoms with Gasteiger partial charge in [0.25, 0.3) is 5.56 Å². The smallest absolute Gasteiger partial charge is 0.261 e. The first-order valence-electron chi connectivity index (χ1n) is 9.44. The number of hydrogen-bond donors (Lipinski definition) is 0. The highest BCUT2D eigenvalue weighted by Gasteiger charge is 2.32. The van der Waals surface area contributed by atoms with Crippen molar-refractivity contribution in [1.29, 1.82) is 0 Å². The van der Waals surface area contributed by atoms with Gasteiger partial charge in [-0.1, -0.05) is 31.4 Å². The second kappa shape index (κ2) is 6.98. The van der Waals surface area contributed by atoms with Gasteiger partial charge < -0.3 is 4.90 Å². The highest BCUT2D eigenvalue weighted by molar-refractivity contribution is 5.77. The Morgan fingerprint density at radius 1 is 1.12 bits per heavy atom. The fraction of sp³-hybridized carbons (Fsp3) is 0.550. The summed E-state index contributed by atoms with van der Waals surface area (Å²) in [4.78, 5) is 31.5. The van der Waals surface area contributed by atoms with Crippen molar-refractivity contribution in [2.75, 3.05) is 13.1 Å². The Bertz CT molecular complexity index is 829. The minimum Gasteiger partial charge on any atom is -0.342 e. The van der Waals surface area contributed by atoms with Crippen LogP contribution >= 0.6 is 0 Å². The molecule has 0 unspecified atom stereocenters. The Hall–Kier alpha value is -2.17. The predicted molar refractivity (Wildman–Crippen MR) is 97.3 cm³/mol. The quantitative estimate of drug-likeness (QED) is 0.864. The number of fused-ring (bicyclic) bond motifs is 2. The summed E-state index contributed by atoms with van der Waals surface area (Å²) in [6.07, 6.45) is 8.35. The SMILES string of the molecule is O=C(CCn1cnc2ccccc2c1=O)N1CC[C@H]2CCCC[C@@H]2C1. The van der Waals surface area contributed by atoms with E-state index in [1.807, 2.05) is 23.1 Å². The molecule has 0 radical (unpaired) electrons. The lowest BCUT2D eigenvalue weighted by Gasteiger charge is -2.41. The monoisotopic (exact) mass is 339 g/mol. The molecule has 2 aromatic rings. The maximum Gasteiger partial charge on any atom is 0.261 e. The van der Waals surface area contributed by atoms with Gasteiger partial charge in [-0.05, 0) is 36.8 Å². The van der Waals surface area contributed by atoms with Crippen molar-refractivity contribution in [1.82, 2.24) is 14.5 Å². The number of carbonyl (C=O) groups is 1. The number of benzene rings is 1. The Balaban J connectivity index is 1.40. The largest absolute Gasteiger partial charge is 0.342 e. The highest BCUT2D eigenvalue weighted by Crippen LogP contribution is 2.36. The molecule has 1 aromatic heterocycles. The van der Waals surface area contributed by atoms with Crippen molar-refractivity contribution < 1.29 is 4.79 Å². The zero-order valence-corrected chi connectivity index (χ0v) is 14.6. The van der Waals surface area contributed by atoms with Crippen LogP contribution in [0.25, 0.3) is 10.9 Å². The molecule has 2 fully saturated rings. The standard InChI is InChI=1S/C20H25N3O2/c24-19(22-11-9-15-5-1-2-6-16(15)13-22)10-12-23-14-21-18-8-4-3-7-17(18)20(23)25/h3-4,7-8,14-16H,1-2,5-6,9-13H2/t15-,16-/m1/s1. The Morgan fingerprint density at radius 3 is 2.80 bits per heavy atom. The van der Waals surface area contributed by atoms with Gasteiger partial charge in [-0.15, -0.1) is 0 Å². The third-order valence-corrected chi connectivity index (χ3v) is 5.94. The molecule has 2 aliphatic rings. The minimum atomic E-state index is -0.0654. The molecule has 4 rings (SSSR count). The summed E-state index contributed by atoms with van der Waals surface area (Å²) in [5, 5.41) is 0.612. The number of para-hydroxylation sites is 1. The number of aromatic nitrogens is 2. The van der Waals surface area contributed by atoms with E-state index in [1.54, 1.807) is 17.0 Å². The molecule has 1 amide bonds. The van der Waals surface area contributed by atoms with Gasteiger partial charge in [-0.25, -0.2) is 4.98 Å². The topological polar surface area (TPSA) is 55.2 Å². The Labute approximate surface area is 147 Å². The first kappa shape index (κ1) is 16.3. The third-order valence-electron chi connectivity index (χ3n) is 5.94. The average Bonchev–Trinajstić information content (AvgIpc) is 2.67. The maximum absolute atomic E-state index is 12.6. The molecule has 132 valence electrons. The number of piperidine rings is 1. The van der Waals surface area contributed by atoms with Crippen LogP contribution in [0.4, 0.5) is 0 Å². The van der Waals surface area contributed by atoms with Crippen molar-refractivity contribution in [3.8, 4) is 0 Å². The molecule has 1 aliphatic heterocycles. The lowest BCUT2D eigenvalue weighted by atomic mass is 9.75. The molecule has 5 heteroatoms. The molecule has 25 heavy (non-hydrogen) atoms. The number of nitrogens with zero attached hydrogens (tertiary/aromatic N) is 3. The summed E-state index contributed by atoms with van der Waals surface area (Å²) in [6.45, 7) is 2.19. The van der Waals surface area contributed by atoms with E-state index in [0.717, 1.165) is 25.4 Å². The summed E-state index contributed by atoms with van der Waals surface area (Å²) in [7, 11) is 0. The average molecular weight is 339 g/mol. The molecule has 2 heterocycles. The van der Waals surface area contributed by atoms with Crippen LogP contribution in [-0.4, -0.2) is 33.4 Å². The van der Waals surface area contributed by atoms with Gasteiger partial charge in [-0.2, -0.15) is 0 Å². The Morgan fingerprint density at radius 2 is 1.92 bits per heavy atom. The normalized spacial score (nSPS) is 23.4. The van der Waals surface area contributed by atoms with Crippen molar-refractivity contribution in [3.63, 3.8) is 0 Å². The molecule has 1 aliphatic carbocycles. The van der Waals surface area contributed by atoms with E-state index < -0.39 is 0 Å². The van der Waals surface area contributed by atoms with Crippen molar-refractivity contribution in [3.05, 3.63) is 40.9 Å². The van der Waals surface area contributed by atoms with E-state index >= 15 is 0 Å². The third kappa shape index (κ3) is 3.32. The van der Waals surface area contributed by atoms with Crippen LogP contribution in [0, 0.1) is 11.8 Å². The summed E-state index contributed by atoms with van der Waals surface area (Å²) in [5.74, 6) is 1.69. The minimum absolute atomic E-state index is 0.0654. The van der Waals surface area contributed by atoms with Crippen LogP contribution in [0.1, 0.15) is 38.5 Å². The van der Waals surface area contributed by atoms with Gasteiger partial charge in [0, 0.05) is 26.1 Å². The molecule has 2 atom stereocenters.